The van der Waals surface area contributed by atoms with Crippen molar-refractivity contribution in [1.29, 1.82) is 5.41 Å². The minimum Gasteiger partial charge on any atom is -0.495 e. The number of alkyl halides is 1. The number of nitrogens with zero attached hydrogens (tertiary/aromatic N) is 2. The molecule has 1 fully saturated rings. The molecule has 1 aliphatic heterocycles. The van der Waals surface area contributed by atoms with Gasteiger partial charge in [-0.15, -0.1) is 11.6 Å². The van der Waals surface area contributed by atoms with Gasteiger partial charge in [0.05, 0.1) is 24.1 Å². The summed E-state index contributed by atoms with van der Waals surface area (Å²) in [6, 6.07) is 5.81. The standard InChI is InChI=1S/C16H24ClN3O2.C4H8ClN.C2H6/c1-3-18-12-16(21)20-8-4-7-19(9-10-20)13-5-6-14(17)15(11-13)22-2;1-3(5)4(2)6;1-2/h5-6,11,18H,3-4,7-10,12H2,1-2H3;3,6H,1-2H3;1-2H3. The van der Waals surface area contributed by atoms with E-state index in [1.807, 2.05) is 43.9 Å². The number of benzene rings is 1. The molecule has 1 unspecified atom stereocenters. The number of ether oxygens (including phenoxy) is 1. The van der Waals surface area contributed by atoms with Gasteiger partial charge in [0.15, 0.2) is 0 Å². The Bertz CT molecular complexity index is 642. The zero-order valence-electron chi connectivity index (χ0n) is 19.2. The van der Waals surface area contributed by atoms with Gasteiger partial charge in [-0.3, -0.25) is 4.79 Å². The van der Waals surface area contributed by atoms with Crippen LogP contribution in [-0.2, 0) is 4.79 Å². The van der Waals surface area contributed by atoms with E-state index in [9.17, 15) is 4.79 Å². The third kappa shape index (κ3) is 10.5. The summed E-state index contributed by atoms with van der Waals surface area (Å²) < 4.78 is 5.28. The summed E-state index contributed by atoms with van der Waals surface area (Å²) in [5, 5.41) is 10.4. The molecule has 0 radical (unpaired) electrons. The highest BCUT2D eigenvalue weighted by Crippen LogP contribution is 2.29. The summed E-state index contributed by atoms with van der Waals surface area (Å²) in [6.45, 7) is 14.0. The van der Waals surface area contributed by atoms with Crippen molar-refractivity contribution in [2.45, 2.75) is 46.4 Å². The molecule has 1 amide bonds. The highest BCUT2D eigenvalue weighted by molar-refractivity contribution is 6.32. The summed E-state index contributed by atoms with van der Waals surface area (Å²) in [5.74, 6) is 0.862. The molecule has 0 bridgehead atoms. The van der Waals surface area contributed by atoms with E-state index in [0.717, 1.165) is 44.8 Å². The van der Waals surface area contributed by atoms with Crippen LogP contribution in [0.1, 0.15) is 41.0 Å². The lowest BCUT2D eigenvalue weighted by Gasteiger charge is -2.24. The van der Waals surface area contributed by atoms with Gasteiger partial charge in [0, 0.05) is 43.6 Å². The lowest BCUT2D eigenvalue weighted by molar-refractivity contribution is -0.130. The van der Waals surface area contributed by atoms with Crippen molar-refractivity contribution >= 4 is 40.5 Å². The number of nitrogens with one attached hydrogen (secondary N) is 2. The summed E-state index contributed by atoms with van der Waals surface area (Å²) in [5.41, 5.74) is 1.61. The molecule has 1 aromatic carbocycles. The summed E-state index contributed by atoms with van der Waals surface area (Å²) >= 11 is 11.5. The van der Waals surface area contributed by atoms with Crippen molar-refractivity contribution in [3.63, 3.8) is 0 Å². The number of likely N-dealkylation sites (N-methyl/N-ethyl adjacent to an activating group) is 1. The number of halogens is 2. The van der Waals surface area contributed by atoms with E-state index < -0.39 is 0 Å². The number of rotatable bonds is 6. The molecule has 1 atom stereocenters. The number of carbonyl (C=O) groups is 1. The zero-order valence-corrected chi connectivity index (χ0v) is 20.7. The van der Waals surface area contributed by atoms with Crippen LogP contribution in [-0.4, -0.2) is 68.3 Å². The van der Waals surface area contributed by atoms with Crippen molar-refractivity contribution in [2.75, 3.05) is 51.3 Å². The largest absolute Gasteiger partial charge is 0.495 e. The Morgan fingerprint density at radius 2 is 1.90 bits per heavy atom. The quantitative estimate of drug-likeness (QED) is 0.477. The fourth-order valence-corrected chi connectivity index (χ4v) is 2.81. The van der Waals surface area contributed by atoms with Crippen LogP contribution in [0.15, 0.2) is 18.2 Å². The van der Waals surface area contributed by atoms with Crippen molar-refractivity contribution < 1.29 is 9.53 Å². The van der Waals surface area contributed by atoms with Gasteiger partial charge in [-0.05, 0) is 38.9 Å². The van der Waals surface area contributed by atoms with E-state index >= 15 is 0 Å². The van der Waals surface area contributed by atoms with E-state index in [1.165, 1.54) is 0 Å². The Morgan fingerprint density at radius 3 is 2.43 bits per heavy atom. The van der Waals surface area contributed by atoms with Crippen LogP contribution in [0.5, 0.6) is 5.75 Å². The second kappa shape index (κ2) is 16.2. The molecule has 0 spiro atoms. The van der Waals surface area contributed by atoms with Crippen LogP contribution < -0.4 is 15.0 Å². The number of amides is 1. The molecule has 2 rings (SSSR count). The van der Waals surface area contributed by atoms with Crippen LogP contribution in [0.4, 0.5) is 5.69 Å². The van der Waals surface area contributed by atoms with Crippen LogP contribution in [0, 0.1) is 5.41 Å². The number of hydrogen-bond acceptors (Lipinski definition) is 5. The van der Waals surface area contributed by atoms with Crippen molar-refractivity contribution in [3.8, 4) is 5.75 Å². The topological polar surface area (TPSA) is 68.7 Å². The Morgan fingerprint density at radius 1 is 1.27 bits per heavy atom. The first kappa shape index (κ1) is 28.5. The van der Waals surface area contributed by atoms with E-state index in [2.05, 4.69) is 10.2 Å². The molecule has 172 valence electrons. The summed E-state index contributed by atoms with van der Waals surface area (Å²) in [6.07, 6.45) is 0.961. The van der Waals surface area contributed by atoms with Gasteiger partial charge >= 0.3 is 0 Å². The molecular formula is C22H38Cl2N4O2. The van der Waals surface area contributed by atoms with E-state index in [4.69, 9.17) is 33.3 Å². The van der Waals surface area contributed by atoms with Crippen LogP contribution >= 0.6 is 23.2 Å². The molecule has 1 heterocycles. The van der Waals surface area contributed by atoms with Crippen LogP contribution in [0.25, 0.3) is 0 Å². The number of methoxy groups -OCH3 is 1. The maximum atomic E-state index is 12.1. The first-order valence-electron chi connectivity index (χ1n) is 10.6. The molecule has 0 aliphatic carbocycles. The molecule has 0 saturated carbocycles. The third-order valence-electron chi connectivity index (χ3n) is 4.47. The molecule has 1 aliphatic rings. The first-order chi connectivity index (χ1) is 14.3. The van der Waals surface area contributed by atoms with Crippen molar-refractivity contribution in [1.82, 2.24) is 10.2 Å². The fraction of sp³-hybridized carbons (Fsp3) is 0.636. The number of anilines is 1. The fourth-order valence-electron chi connectivity index (χ4n) is 2.61. The Labute approximate surface area is 192 Å². The Hall–Kier alpha value is -1.50. The molecule has 8 heteroatoms. The minimum atomic E-state index is -0.0926. The van der Waals surface area contributed by atoms with Crippen molar-refractivity contribution in [3.05, 3.63) is 23.2 Å². The lowest BCUT2D eigenvalue weighted by atomic mass is 10.2. The SMILES string of the molecule is CC.CC(=N)C(C)Cl.CCNCC(=O)N1CCCN(c2ccc(Cl)c(OC)c2)CC1. The maximum Gasteiger partial charge on any atom is 0.236 e. The van der Waals surface area contributed by atoms with E-state index in [-0.39, 0.29) is 11.3 Å². The highest BCUT2D eigenvalue weighted by Gasteiger charge is 2.19. The van der Waals surface area contributed by atoms with Gasteiger partial charge in [0.2, 0.25) is 5.91 Å². The monoisotopic (exact) mass is 460 g/mol. The highest BCUT2D eigenvalue weighted by atomic mass is 35.5. The first-order valence-corrected chi connectivity index (χ1v) is 11.4. The average Bonchev–Trinajstić information content (AvgIpc) is 3.00. The molecule has 30 heavy (non-hydrogen) atoms. The average molecular weight is 461 g/mol. The van der Waals surface area contributed by atoms with Crippen molar-refractivity contribution in [2.24, 2.45) is 0 Å². The smallest absolute Gasteiger partial charge is 0.236 e. The molecule has 1 saturated heterocycles. The molecule has 2 N–H and O–H groups in total. The molecule has 0 aromatic heterocycles. The van der Waals surface area contributed by atoms with E-state index in [0.29, 0.717) is 23.0 Å². The van der Waals surface area contributed by atoms with Gasteiger partial charge < -0.3 is 25.3 Å². The predicted octanol–water partition coefficient (Wildman–Crippen LogP) is 4.68. The van der Waals surface area contributed by atoms with Gasteiger partial charge in [-0.1, -0.05) is 32.4 Å². The van der Waals surface area contributed by atoms with Gasteiger partial charge in [-0.2, -0.15) is 0 Å². The van der Waals surface area contributed by atoms with Crippen LogP contribution in [0.2, 0.25) is 5.02 Å². The molecular weight excluding hydrogens is 423 g/mol. The summed E-state index contributed by atoms with van der Waals surface area (Å²) in [7, 11) is 1.62. The zero-order chi connectivity index (χ0) is 23.1. The molecule has 6 nitrogen and oxygen atoms in total. The second-order valence-corrected chi connectivity index (χ2v) is 7.68. The Kier molecular flexibility index (Phi) is 15.4. The molecule has 1 aromatic rings. The Balaban J connectivity index is 0.000000905. The second-order valence-electron chi connectivity index (χ2n) is 6.62. The van der Waals surface area contributed by atoms with Gasteiger partial charge in [-0.25, -0.2) is 0 Å². The lowest BCUT2D eigenvalue weighted by Crippen LogP contribution is -2.40. The number of hydrogen-bond donors (Lipinski definition) is 2. The minimum absolute atomic E-state index is 0.0926. The normalized spacial score (nSPS) is 14.4. The van der Waals surface area contributed by atoms with E-state index in [1.54, 1.807) is 21.0 Å². The third-order valence-corrected chi connectivity index (χ3v) is 5.11. The van der Waals surface area contributed by atoms with Gasteiger partial charge in [0.25, 0.3) is 0 Å². The number of carbonyl (C=O) groups excluding carboxylic acids is 1. The predicted molar refractivity (Wildman–Crippen MR) is 130 cm³/mol. The summed E-state index contributed by atoms with van der Waals surface area (Å²) in [4.78, 5) is 16.3. The maximum absolute atomic E-state index is 12.1. The van der Waals surface area contributed by atoms with Gasteiger partial charge in [0.1, 0.15) is 5.75 Å². The van der Waals surface area contributed by atoms with Crippen LogP contribution in [0.3, 0.4) is 0 Å².